The smallest absolute Gasteiger partial charge is 0.261 e. The van der Waals surface area contributed by atoms with Gasteiger partial charge in [0, 0.05) is 11.7 Å². The highest BCUT2D eigenvalue weighted by molar-refractivity contribution is 7.12. The molecule has 2 heterocycles. The van der Waals surface area contributed by atoms with Crippen molar-refractivity contribution in [3.63, 3.8) is 0 Å². The fourth-order valence-electron chi connectivity index (χ4n) is 4.40. The van der Waals surface area contributed by atoms with Gasteiger partial charge in [0.25, 0.3) is 11.8 Å². The summed E-state index contributed by atoms with van der Waals surface area (Å²) >= 11 is 1.30. The Morgan fingerprint density at radius 2 is 1.91 bits per heavy atom. The van der Waals surface area contributed by atoms with Gasteiger partial charge in [0.15, 0.2) is 6.04 Å². The van der Waals surface area contributed by atoms with Crippen LogP contribution in [0.4, 0.5) is 5.69 Å². The molecule has 1 aliphatic rings. The molecule has 0 bridgehead atoms. The lowest BCUT2D eigenvalue weighted by Crippen LogP contribution is -2.49. The average molecular weight is 480 g/mol. The number of nitrogens with zero attached hydrogens (tertiary/aromatic N) is 1. The van der Waals surface area contributed by atoms with E-state index in [2.05, 4.69) is 10.6 Å². The number of benzene rings is 1. The van der Waals surface area contributed by atoms with E-state index in [0.717, 1.165) is 36.8 Å². The van der Waals surface area contributed by atoms with Crippen molar-refractivity contribution in [1.29, 1.82) is 0 Å². The van der Waals surface area contributed by atoms with E-state index in [-0.39, 0.29) is 24.4 Å². The van der Waals surface area contributed by atoms with Gasteiger partial charge >= 0.3 is 0 Å². The van der Waals surface area contributed by atoms with E-state index in [1.165, 1.54) is 22.5 Å². The van der Waals surface area contributed by atoms with Gasteiger partial charge < -0.3 is 15.1 Å². The molecule has 34 heavy (non-hydrogen) atoms. The van der Waals surface area contributed by atoms with Gasteiger partial charge in [-0.05, 0) is 61.9 Å². The van der Waals surface area contributed by atoms with E-state index in [0.29, 0.717) is 16.3 Å². The van der Waals surface area contributed by atoms with Crippen LogP contribution >= 0.6 is 11.3 Å². The molecule has 2 N–H and O–H groups in total. The third kappa shape index (κ3) is 5.39. The van der Waals surface area contributed by atoms with Gasteiger partial charge in [0.05, 0.1) is 17.7 Å². The van der Waals surface area contributed by atoms with E-state index in [1.807, 2.05) is 32.0 Å². The van der Waals surface area contributed by atoms with Gasteiger partial charge in [-0.2, -0.15) is 0 Å². The largest absolute Gasteiger partial charge is 0.467 e. The highest BCUT2D eigenvalue weighted by atomic mass is 32.1. The zero-order valence-corrected chi connectivity index (χ0v) is 20.2. The predicted molar refractivity (Wildman–Crippen MR) is 132 cm³/mol. The maximum atomic E-state index is 13.6. The zero-order valence-electron chi connectivity index (χ0n) is 19.4. The summed E-state index contributed by atoms with van der Waals surface area (Å²) in [5, 5.41) is 7.61. The van der Waals surface area contributed by atoms with Crippen molar-refractivity contribution in [2.75, 3.05) is 11.4 Å². The third-order valence-corrected chi connectivity index (χ3v) is 6.92. The van der Waals surface area contributed by atoms with Crippen molar-refractivity contribution in [3.8, 4) is 0 Å². The first-order valence-corrected chi connectivity index (χ1v) is 12.4. The highest BCUT2D eigenvalue weighted by Gasteiger charge is 2.36. The number of anilines is 1. The number of rotatable bonds is 8. The second-order valence-electron chi connectivity index (χ2n) is 8.62. The monoisotopic (exact) mass is 479 g/mol. The van der Waals surface area contributed by atoms with Crippen LogP contribution in [0.5, 0.6) is 0 Å². The Hall–Kier alpha value is -3.39. The van der Waals surface area contributed by atoms with Gasteiger partial charge in [-0.25, -0.2) is 0 Å². The summed E-state index contributed by atoms with van der Waals surface area (Å²) in [6.07, 6.45) is 5.49. The van der Waals surface area contributed by atoms with Crippen LogP contribution in [0.15, 0.2) is 58.5 Å². The molecule has 178 valence electrons. The van der Waals surface area contributed by atoms with Gasteiger partial charge in [0.1, 0.15) is 5.76 Å². The average Bonchev–Trinajstić information content (AvgIpc) is 3.59. The number of furan rings is 1. The summed E-state index contributed by atoms with van der Waals surface area (Å²) in [5.74, 6) is -0.651. The van der Waals surface area contributed by atoms with Crippen molar-refractivity contribution in [1.82, 2.24) is 10.6 Å². The van der Waals surface area contributed by atoms with Crippen LogP contribution in [0, 0.1) is 13.8 Å². The predicted octanol–water partition coefficient (Wildman–Crippen LogP) is 4.52. The number of aryl methyl sites for hydroxylation is 2. The van der Waals surface area contributed by atoms with Crippen LogP contribution in [0.3, 0.4) is 0 Å². The van der Waals surface area contributed by atoms with E-state index in [4.69, 9.17) is 4.42 Å². The molecular weight excluding hydrogens is 450 g/mol. The standard InChI is InChI=1S/C26H29N3O4S/c1-17-11-12-20(18(2)15-17)29(23(30)16-27-25(31)22-10-6-14-34-22)24(21-9-5-13-33-21)26(32)28-19-7-3-4-8-19/h5-6,9-15,19,24H,3-4,7-8,16H2,1-2H3,(H,27,31)(H,28,32). The summed E-state index contributed by atoms with van der Waals surface area (Å²) < 4.78 is 5.64. The summed E-state index contributed by atoms with van der Waals surface area (Å²) in [6.45, 7) is 3.62. The minimum atomic E-state index is -0.997. The van der Waals surface area contributed by atoms with Crippen molar-refractivity contribution < 1.29 is 18.8 Å². The van der Waals surface area contributed by atoms with Gasteiger partial charge in [-0.1, -0.05) is 36.6 Å². The van der Waals surface area contributed by atoms with Crippen LogP contribution in [0.1, 0.15) is 58.3 Å². The zero-order chi connectivity index (χ0) is 24.1. The molecule has 8 heteroatoms. The molecule has 1 aliphatic carbocycles. The Morgan fingerprint density at radius 3 is 2.56 bits per heavy atom. The first-order chi connectivity index (χ1) is 16.4. The molecule has 1 unspecified atom stereocenters. The quantitative estimate of drug-likeness (QED) is 0.497. The Kier molecular flexibility index (Phi) is 7.47. The van der Waals surface area contributed by atoms with E-state index in [9.17, 15) is 14.4 Å². The molecule has 2 aromatic heterocycles. The summed E-state index contributed by atoms with van der Waals surface area (Å²) in [6, 6.07) is 11.7. The molecular formula is C26H29N3O4S. The number of thiophene rings is 1. The van der Waals surface area contributed by atoms with Crippen molar-refractivity contribution in [3.05, 3.63) is 75.9 Å². The molecule has 1 fully saturated rings. The number of carbonyl (C=O) groups is 3. The Balaban J connectivity index is 1.67. The lowest BCUT2D eigenvalue weighted by Gasteiger charge is -2.32. The molecule has 0 spiro atoms. The maximum absolute atomic E-state index is 13.6. The topological polar surface area (TPSA) is 91.7 Å². The Labute approximate surface area is 203 Å². The first-order valence-electron chi connectivity index (χ1n) is 11.5. The molecule has 7 nitrogen and oxygen atoms in total. The summed E-state index contributed by atoms with van der Waals surface area (Å²) in [7, 11) is 0. The normalized spacial score (nSPS) is 14.5. The molecule has 0 aliphatic heterocycles. The minimum Gasteiger partial charge on any atom is -0.467 e. The number of hydrogen-bond donors (Lipinski definition) is 2. The van der Waals surface area contributed by atoms with E-state index >= 15 is 0 Å². The second-order valence-corrected chi connectivity index (χ2v) is 9.57. The first kappa shape index (κ1) is 23.8. The van der Waals surface area contributed by atoms with Crippen LogP contribution < -0.4 is 15.5 Å². The van der Waals surface area contributed by atoms with Crippen LogP contribution in [0.25, 0.3) is 0 Å². The summed E-state index contributed by atoms with van der Waals surface area (Å²) in [5.41, 5.74) is 2.50. The number of nitrogens with one attached hydrogen (secondary N) is 2. The highest BCUT2D eigenvalue weighted by Crippen LogP contribution is 2.32. The molecule has 0 saturated heterocycles. The molecule has 1 aromatic carbocycles. The van der Waals surface area contributed by atoms with Crippen molar-refractivity contribution in [2.45, 2.75) is 51.6 Å². The van der Waals surface area contributed by atoms with Crippen LogP contribution in [-0.4, -0.2) is 30.3 Å². The maximum Gasteiger partial charge on any atom is 0.261 e. The Bertz CT molecular complexity index is 1140. The SMILES string of the molecule is Cc1ccc(N(C(=O)CNC(=O)c2cccs2)C(C(=O)NC2CCCC2)c2ccco2)c(C)c1. The second kappa shape index (κ2) is 10.7. The fourth-order valence-corrected chi connectivity index (χ4v) is 5.04. The molecule has 1 atom stereocenters. The lowest BCUT2D eigenvalue weighted by molar-refractivity contribution is -0.127. The molecule has 3 aromatic rings. The molecule has 0 radical (unpaired) electrons. The van der Waals surface area contributed by atoms with E-state index in [1.54, 1.807) is 29.6 Å². The fraction of sp³-hybridized carbons (Fsp3) is 0.346. The summed E-state index contributed by atoms with van der Waals surface area (Å²) in [4.78, 5) is 41.6. The van der Waals surface area contributed by atoms with Crippen molar-refractivity contribution >= 4 is 34.7 Å². The number of carbonyl (C=O) groups excluding carboxylic acids is 3. The van der Waals surface area contributed by atoms with Gasteiger partial charge in [-0.3, -0.25) is 19.3 Å². The lowest BCUT2D eigenvalue weighted by atomic mass is 10.0. The van der Waals surface area contributed by atoms with E-state index < -0.39 is 11.9 Å². The number of hydrogen-bond acceptors (Lipinski definition) is 5. The van der Waals surface area contributed by atoms with Gasteiger partial charge in [0.2, 0.25) is 5.91 Å². The van der Waals surface area contributed by atoms with Crippen molar-refractivity contribution in [2.24, 2.45) is 0 Å². The molecule has 4 rings (SSSR count). The third-order valence-electron chi connectivity index (χ3n) is 6.05. The molecule has 3 amide bonds. The minimum absolute atomic E-state index is 0.0829. The van der Waals surface area contributed by atoms with Crippen LogP contribution in [0.2, 0.25) is 0 Å². The Morgan fingerprint density at radius 1 is 1.12 bits per heavy atom. The van der Waals surface area contributed by atoms with Gasteiger partial charge in [-0.15, -0.1) is 11.3 Å². The molecule has 1 saturated carbocycles. The van der Waals surface area contributed by atoms with Crippen LogP contribution in [-0.2, 0) is 9.59 Å². The number of amides is 3.